The molecule has 0 unspecified atom stereocenters. The van der Waals surface area contributed by atoms with Gasteiger partial charge in [0.05, 0.1) is 0 Å². The molecule has 2 aromatic rings. The summed E-state index contributed by atoms with van der Waals surface area (Å²) in [7, 11) is 0. The van der Waals surface area contributed by atoms with Gasteiger partial charge in [0.2, 0.25) is 0 Å². The second-order valence-corrected chi connectivity index (χ2v) is 10.5. The van der Waals surface area contributed by atoms with E-state index in [1.165, 1.54) is 21.8 Å². The Morgan fingerprint density at radius 2 is 1.58 bits per heavy atom. The molecule has 0 aromatic heterocycles. The average Bonchev–Trinajstić information content (AvgIpc) is 2.57. The van der Waals surface area contributed by atoms with Crippen LogP contribution in [-0.4, -0.2) is 31.4 Å². The Labute approximate surface area is 153 Å². The molecule has 0 amide bonds. The molecule has 2 aromatic carbocycles. The molecule has 1 saturated heterocycles. The second-order valence-electron chi connectivity index (χ2n) is 8.30. The molecule has 2 atom stereocenters. The van der Waals surface area contributed by atoms with Crippen molar-refractivity contribution in [3.05, 3.63) is 66.2 Å². The first-order valence-corrected chi connectivity index (χ1v) is 10.9. The molecule has 1 heterocycles. The summed E-state index contributed by atoms with van der Waals surface area (Å²) in [4.78, 5) is 2.77. The van der Waals surface area contributed by atoms with Crippen molar-refractivity contribution in [3.63, 3.8) is 0 Å². The van der Waals surface area contributed by atoms with Gasteiger partial charge in [0.25, 0.3) is 0 Å². The molecule has 0 aliphatic carbocycles. The van der Waals surface area contributed by atoms with E-state index in [9.17, 15) is 0 Å². The molecule has 1 fully saturated rings. The van der Waals surface area contributed by atoms with Gasteiger partial charge in [-0.1, -0.05) is 0 Å². The van der Waals surface area contributed by atoms with E-state index in [1.54, 1.807) is 0 Å². The van der Waals surface area contributed by atoms with Crippen molar-refractivity contribution in [1.82, 2.24) is 4.90 Å². The summed E-state index contributed by atoms with van der Waals surface area (Å²) in [6, 6.07) is 22.6. The van der Waals surface area contributed by atoms with Crippen LogP contribution < -0.4 is 4.46 Å². The summed E-state index contributed by atoms with van der Waals surface area (Å²) in [5.41, 5.74) is 2.11. The number of hydrogen-bond acceptors (Lipinski definition) is 1. The van der Waals surface area contributed by atoms with Crippen molar-refractivity contribution < 1.29 is 0 Å². The third kappa shape index (κ3) is 3.94. The minimum absolute atomic E-state index is 0.337. The Hall–Kier alpha value is -1.08. The average molecular weight is 386 g/mol. The van der Waals surface area contributed by atoms with Crippen LogP contribution in [0, 0.1) is 5.41 Å². The Morgan fingerprint density at radius 1 is 1.00 bits per heavy atom. The number of likely N-dealkylation sites (tertiary alicyclic amines) is 1. The molecule has 0 radical (unpaired) electrons. The van der Waals surface area contributed by atoms with E-state index >= 15 is 0 Å². The second kappa shape index (κ2) is 7.04. The van der Waals surface area contributed by atoms with E-state index in [4.69, 9.17) is 0 Å². The van der Waals surface area contributed by atoms with Gasteiger partial charge in [0.15, 0.2) is 0 Å². The van der Waals surface area contributed by atoms with Gasteiger partial charge in [-0.05, 0) is 0 Å². The van der Waals surface area contributed by atoms with Gasteiger partial charge in [-0.2, -0.15) is 0 Å². The van der Waals surface area contributed by atoms with Gasteiger partial charge in [-0.3, -0.25) is 0 Å². The van der Waals surface area contributed by atoms with Crippen LogP contribution in [-0.2, 0) is 6.54 Å². The van der Waals surface area contributed by atoms with Crippen molar-refractivity contribution in [3.8, 4) is 0 Å². The molecule has 128 valence electrons. The van der Waals surface area contributed by atoms with Gasteiger partial charge < -0.3 is 0 Å². The topological polar surface area (TPSA) is 3.24 Å². The standard InChI is InChI=1S/C22H29NSe/c1-21(2,3)20-15-22(4,17-24-19-13-9-6-10-14-19)23(20)16-18-11-7-5-8-12-18/h5-14,20H,15-17H2,1-4H3/t20-,22+/m1/s1. The zero-order valence-corrected chi connectivity index (χ0v) is 17.0. The number of benzene rings is 2. The summed E-state index contributed by atoms with van der Waals surface area (Å²) >= 11 is 0.549. The van der Waals surface area contributed by atoms with Crippen LogP contribution in [0.5, 0.6) is 0 Å². The van der Waals surface area contributed by atoms with Crippen LogP contribution in [0.3, 0.4) is 0 Å². The molecule has 24 heavy (non-hydrogen) atoms. The number of rotatable bonds is 5. The third-order valence-corrected chi connectivity index (χ3v) is 8.07. The fraction of sp³-hybridized carbons (Fsp3) is 0.455. The quantitative estimate of drug-likeness (QED) is 0.684. The van der Waals surface area contributed by atoms with E-state index in [2.05, 4.69) is 93.3 Å². The molecular formula is C22H29NSe. The third-order valence-electron chi connectivity index (χ3n) is 5.19. The molecular weight excluding hydrogens is 357 g/mol. The molecule has 1 nitrogen and oxygen atoms in total. The van der Waals surface area contributed by atoms with Crippen LogP contribution >= 0.6 is 0 Å². The van der Waals surface area contributed by atoms with Crippen molar-refractivity contribution in [2.24, 2.45) is 5.41 Å². The van der Waals surface area contributed by atoms with Gasteiger partial charge in [0, 0.05) is 0 Å². The first-order chi connectivity index (χ1) is 11.4. The van der Waals surface area contributed by atoms with Crippen molar-refractivity contribution >= 4 is 19.4 Å². The van der Waals surface area contributed by atoms with E-state index < -0.39 is 0 Å². The summed E-state index contributed by atoms with van der Waals surface area (Å²) in [6.07, 6.45) is 1.32. The maximum absolute atomic E-state index is 2.77. The van der Waals surface area contributed by atoms with E-state index in [0.29, 0.717) is 32.0 Å². The number of nitrogens with zero attached hydrogens (tertiary/aromatic N) is 1. The molecule has 1 aliphatic heterocycles. The van der Waals surface area contributed by atoms with E-state index in [1.807, 2.05) is 0 Å². The summed E-state index contributed by atoms with van der Waals surface area (Å²) in [6.45, 7) is 10.7. The summed E-state index contributed by atoms with van der Waals surface area (Å²) in [5, 5.41) is 1.30. The predicted molar refractivity (Wildman–Crippen MR) is 105 cm³/mol. The van der Waals surface area contributed by atoms with Gasteiger partial charge in [-0.15, -0.1) is 0 Å². The number of hydrogen-bond donors (Lipinski definition) is 0. The molecule has 0 bridgehead atoms. The van der Waals surface area contributed by atoms with Gasteiger partial charge in [0.1, 0.15) is 0 Å². The fourth-order valence-electron chi connectivity index (χ4n) is 3.66. The van der Waals surface area contributed by atoms with Gasteiger partial charge in [-0.25, -0.2) is 0 Å². The normalized spacial score (nSPS) is 24.6. The van der Waals surface area contributed by atoms with Crippen LogP contribution in [0.1, 0.15) is 39.7 Å². The van der Waals surface area contributed by atoms with E-state index in [-0.39, 0.29) is 0 Å². The predicted octanol–water partition coefficient (Wildman–Crippen LogP) is 4.51. The molecule has 2 heteroatoms. The monoisotopic (exact) mass is 387 g/mol. The zero-order chi connectivity index (χ0) is 17.2. The Bertz CT molecular complexity index is 647. The Morgan fingerprint density at radius 3 is 2.17 bits per heavy atom. The minimum atomic E-state index is 0.337. The van der Waals surface area contributed by atoms with Crippen molar-refractivity contribution in [2.45, 2.75) is 57.6 Å². The van der Waals surface area contributed by atoms with Crippen LogP contribution in [0.25, 0.3) is 0 Å². The van der Waals surface area contributed by atoms with Crippen LogP contribution in [0.2, 0.25) is 5.32 Å². The molecule has 0 spiro atoms. The van der Waals surface area contributed by atoms with Crippen molar-refractivity contribution in [2.75, 3.05) is 0 Å². The van der Waals surface area contributed by atoms with Crippen molar-refractivity contribution in [1.29, 1.82) is 0 Å². The summed E-state index contributed by atoms with van der Waals surface area (Å²) < 4.78 is 1.52. The first-order valence-electron chi connectivity index (χ1n) is 8.87. The molecule has 1 aliphatic rings. The molecule has 3 rings (SSSR count). The first kappa shape index (κ1) is 17.7. The molecule has 0 N–H and O–H groups in total. The maximum atomic E-state index is 2.77. The Kier molecular flexibility index (Phi) is 5.20. The fourth-order valence-corrected chi connectivity index (χ4v) is 5.99. The zero-order valence-electron chi connectivity index (χ0n) is 15.3. The summed E-state index contributed by atoms with van der Waals surface area (Å²) in [5.74, 6) is 0. The SMILES string of the molecule is CC(C)(C)[C@H]1C[C@@](C)(C[Se]c2ccccc2)N1Cc1ccccc1. The molecule has 0 saturated carbocycles. The van der Waals surface area contributed by atoms with Crippen LogP contribution in [0.15, 0.2) is 60.7 Å². The van der Waals surface area contributed by atoms with E-state index in [0.717, 1.165) is 6.54 Å². The van der Waals surface area contributed by atoms with Crippen LogP contribution in [0.4, 0.5) is 0 Å². The Balaban J connectivity index is 1.73. The van der Waals surface area contributed by atoms with Gasteiger partial charge >= 0.3 is 154 Å².